The highest BCUT2D eigenvalue weighted by Gasteiger charge is 2.09. The number of nitrogens with zero attached hydrogens (tertiary/aromatic N) is 2. The van der Waals surface area contributed by atoms with E-state index >= 15 is 0 Å². The number of rotatable bonds is 3. The highest BCUT2D eigenvalue weighted by atomic mass is 19.1. The van der Waals surface area contributed by atoms with Crippen molar-refractivity contribution in [2.75, 3.05) is 20.6 Å². The summed E-state index contributed by atoms with van der Waals surface area (Å²) in [4.78, 5) is 5.49. The van der Waals surface area contributed by atoms with Crippen molar-refractivity contribution >= 4 is 0 Å². The van der Waals surface area contributed by atoms with Gasteiger partial charge in [-0.25, -0.2) is 4.39 Å². The summed E-state index contributed by atoms with van der Waals surface area (Å²) in [6.45, 7) is 0.463. The molecule has 13 heavy (non-hydrogen) atoms. The van der Waals surface area contributed by atoms with Crippen molar-refractivity contribution in [1.29, 1.82) is 0 Å². The molecule has 1 heterocycles. The molecule has 1 aromatic heterocycles. The lowest BCUT2D eigenvalue weighted by atomic mass is 10.1. The maximum absolute atomic E-state index is 12.7. The topological polar surface area (TPSA) is 36.4 Å². The summed E-state index contributed by atoms with van der Waals surface area (Å²) in [6, 6.07) is 1.29. The summed E-state index contributed by atoms with van der Waals surface area (Å²) in [6.07, 6.45) is 1.90. The van der Waals surface area contributed by atoms with Gasteiger partial charge in [-0.1, -0.05) is 0 Å². The van der Waals surface area contributed by atoms with Gasteiger partial charge in [0, 0.05) is 18.3 Å². The van der Waals surface area contributed by atoms with E-state index in [9.17, 15) is 9.50 Å². The van der Waals surface area contributed by atoms with E-state index in [2.05, 4.69) is 4.98 Å². The largest absolute Gasteiger partial charge is 0.387 e. The zero-order valence-corrected chi connectivity index (χ0v) is 7.74. The first-order valence-corrected chi connectivity index (χ1v) is 4.03. The minimum atomic E-state index is -0.682. The monoisotopic (exact) mass is 184 g/mol. The van der Waals surface area contributed by atoms with E-state index in [-0.39, 0.29) is 0 Å². The molecular weight excluding hydrogens is 171 g/mol. The molecule has 1 aromatic rings. The Bertz CT molecular complexity index is 278. The predicted molar refractivity (Wildman–Crippen MR) is 47.7 cm³/mol. The van der Waals surface area contributed by atoms with Crippen LogP contribution in [0.25, 0.3) is 0 Å². The summed E-state index contributed by atoms with van der Waals surface area (Å²) < 4.78 is 12.7. The van der Waals surface area contributed by atoms with Gasteiger partial charge in [-0.3, -0.25) is 4.98 Å². The number of aromatic nitrogens is 1. The van der Waals surface area contributed by atoms with Crippen molar-refractivity contribution in [2.45, 2.75) is 6.10 Å². The minimum Gasteiger partial charge on any atom is -0.387 e. The fourth-order valence-corrected chi connectivity index (χ4v) is 1.06. The third kappa shape index (κ3) is 3.08. The highest BCUT2D eigenvalue weighted by Crippen LogP contribution is 2.12. The lowest BCUT2D eigenvalue weighted by Crippen LogP contribution is -2.20. The number of hydrogen-bond acceptors (Lipinski definition) is 3. The fraction of sp³-hybridized carbons (Fsp3) is 0.444. The van der Waals surface area contributed by atoms with Crippen LogP contribution in [-0.4, -0.2) is 35.6 Å². The van der Waals surface area contributed by atoms with Gasteiger partial charge < -0.3 is 10.0 Å². The SMILES string of the molecule is CN(C)CC(O)c1cncc(F)c1. The van der Waals surface area contributed by atoms with Crippen molar-refractivity contribution in [2.24, 2.45) is 0 Å². The van der Waals surface area contributed by atoms with Gasteiger partial charge in [0.1, 0.15) is 5.82 Å². The molecule has 3 nitrogen and oxygen atoms in total. The van der Waals surface area contributed by atoms with Crippen LogP contribution < -0.4 is 0 Å². The van der Waals surface area contributed by atoms with Crippen LogP contribution in [-0.2, 0) is 0 Å². The molecule has 0 aliphatic heterocycles. The molecule has 0 fully saturated rings. The number of halogens is 1. The van der Waals surface area contributed by atoms with Gasteiger partial charge in [-0.2, -0.15) is 0 Å². The Labute approximate surface area is 76.8 Å². The molecule has 4 heteroatoms. The van der Waals surface area contributed by atoms with Crippen LogP contribution in [0.5, 0.6) is 0 Å². The van der Waals surface area contributed by atoms with E-state index in [1.165, 1.54) is 12.3 Å². The first kappa shape index (κ1) is 10.1. The quantitative estimate of drug-likeness (QED) is 0.755. The van der Waals surface area contributed by atoms with Crippen LogP contribution >= 0.6 is 0 Å². The second-order valence-corrected chi connectivity index (χ2v) is 3.21. The van der Waals surface area contributed by atoms with Crippen LogP contribution in [0.3, 0.4) is 0 Å². The average molecular weight is 184 g/mol. The third-order valence-electron chi connectivity index (χ3n) is 1.65. The Kier molecular flexibility index (Phi) is 3.33. The summed E-state index contributed by atoms with van der Waals surface area (Å²) in [5, 5.41) is 9.57. The van der Waals surface area contributed by atoms with Gasteiger partial charge in [0.15, 0.2) is 0 Å². The van der Waals surface area contributed by atoms with Crippen LogP contribution in [0, 0.1) is 5.82 Å². The van der Waals surface area contributed by atoms with Gasteiger partial charge in [0.2, 0.25) is 0 Å². The maximum atomic E-state index is 12.7. The van der Waals surface area contributed by atoms with Gasteiger partial charge in [0.25, 0.3) is 0 Å². The number of likely N-dealkylation sites (N-methyl/N-ethyl adjacent to an activating group) is 1. The molecule has 0 spiro atoms. The first-order chi connectivity index (χ1) is 6.09. The van der Waals surface area contributed by atoms with Crippen LogP contribution in [0.15, 0.2) is 18.5 Å². The molecule has 0 aliphatic carbocycles. The molecule has 1 rings (SSSR count). The van der Waals surface area contributed by atoms with E-state index in [4.69, 9.17) is 0 Å². The lowest BCUT2D eigenvalue weighted by Gasteiger charge is -2.15. The van der Waals surface area contributed by atoms with E-state index in [1.807, 2.05) is 19.0 Å². The smallest absolute Gasteiger partial charge is 0.141 e. The molecule has 0 saturated heterocycles. The number of hydrogen-bond donors (Lipinski definition) is 1. The molecule has 1 atom stereocenters. The number of aliphatic hydroxyl groups is 1. The highest BCUT2D eigenvalue weighted by molar-refractivity contribution is 5.13. The fourth-order valence-electron chi connectivity index (χ4n) is 1.06. The summed E-state index contributed by atoms with van der Waals surface area (Å²) >= 11 is 0. The zero-order valence-electron chi connectivity index (χ0n) is 7.74. The summed E-state index contributed by atoms with van der Waals surface area (Å²) in [5.41, 5.74) is 0.508. The zero-order chi connectivity index (χ0) is 9.84. The van der Waals surface area contributed by atoms with Crippen molar-refractivity contribution in [3.8, 4) is 0 Å². The molecule has 0 radical (unpaired) electrons. The average Bonchev–Trinajstić information content (AvgIpc) is 2.03. The minimum absolute atomic E-state index is 0.421. The Hall–Kier alpha value is -1.00. The van der Waals surface area contributed by atoms with Crippen molar-refractivity contribution in [3.05, 3.63) is 29.8 Å². The van der Waals surface area contributed by atoms with E-state index in [1.54, 1.807) is 0 Å². The Morgan fingerprint density at radius 2 is 2.23 bits per heavy atom. The molecule has 0 saturated carbocycles. The van der Waals surface area contributed by atoms with Crippen LogP contribution in [0.4, 0.5) is 4.39 Å². The lowest BCUT2D eigenvalue weighted by molar-refractivity contribution is 0.137. The Morgan fingerprint density at radius 1 is 1.54 bits per heavy atom. The van der Waals surface area contributed by atoms with Crippen LogP contribution in [0.2, 0.25) is 0 Å². The second-order valence-electron chi connectivity index (χ2n) is 3.21. The van der Waals surface area contributed by atoms with Crippen molar-refractivity contribution < 1.29 is 9.50 Å². The molecule has 0 aromatic carbocycles. The predicted octanol–water partition coefficient (Wildman–Crippen LogP) is 0.816. The van der Waals surface area contributed by atoms with E-state index in [0.29, 0.717) is 12.1 Å². The molecule has 1 N–H and O–H groups in total. The van der Waals surface area contributed by atoms with E-state index < -0.39 is 11.9 Å². The van der Waals surface area contributed by atoms with Gasteiger partial charge >= 0.3 is 0 Å². The first-order valence-electron chi connectivity index (χ1n) is 4.03. The van der Waals surface area contributed by atoms with Gasteiger partial charge in [0.05, 0.1) is 12.3 Å². The maximum Gasteiger partial charge on any atom is 0.141 e. The van der Waals surface area contributed by atoms with Gasteiger partial charge in [-0.15, -0.1) is 0 Å². The normalized spacial score (nSPS) is 13.3. The number of aliphatic hydroxyl groups excluding tert-OH is 1. The molecule has 1 unspecified atom stereocenters. The van der Waals surface area contributed by atoms with Gasteiger partial charge in [-0.05, 0) is 20.2 Å². The van der Waals surface area contributed by atoms with Crippen molar-refractivity contribution in [3.63, 3.8) is 0 Å². The second kappa shape index (κ2) is 4.30. The summed E-state index contributed by atoms with van der Waals surface area (Å²) in [5.74, 6) is -0.421. The third-order valence-corrected chi connectivity index (χ3v) is 1.65. The molecular formula is C9H13FN2O. The molecule has 72 valence electrons. The van der Waals surface area contributed by atoms with E-state index in [0.717, 1.165) is 6.20 Å². The Balaban J connectivity index is 2.71. The van der Waals surface area contributed by atoms with Crippen LogP contribution in [0.1, 0.15) is 11.7 Å². The molecule has 0 bridgehead atoms. The summed E-state index contributed by atoms with van der Waals surface area (Å²) in [7, 11) is 3.69. The standard InChI is InChI=1S/C9H13FN2O/c1-12(2)6-9(13)7-3-8(10)5-11-4-7/h3-5,9,13H,6H2,1-2H3. The number of pyridine rings is 1. The van der Waals surface area contributed by atoms with Crippen molar-refractivity contribution in [1.82, 2.24) is 9.88 Å². The Morgan fingerprint density at radius 3 is 2.77 bits per heavy atom. The molecule has 0 aliphatic rings. The molecule has 0 amide bonds.